The van der Waals surface area contributed by atoms with Crippen molar-refractivity contribution < 1.29 is 25.8 Å². The van der Waals surface area contributed by atoms with Gasteiger partial charge in [-0.15, -0.1) is 0 Å². The van der Waals surface area contributed by atoms with Gasteiger partial charge in [-0.3, -0.25) is 0 Å². The Labute approximate surface area is 111 Å². The SMILES string of the molecule is O=S(=O)(Oc1ccc2c(Cl)cccc2c1)C(F)(F)F. The Bertz CT molecular complexity index is 726. The third kappa shape index (κ3) is 2.76. The summed E-state index contributed by atoms with van der Waals surface area (Å²) in [6.07, 6.45) is 0. The van der Waals surface area contributed by atoms with Gasteiger partial charge in [0.2, 0.25) is 0 Å². The van der Waals surface area contributed by atoms with Gasteiger partial charge in [-0.05, 0) is 29.7 Å². The Morgan fingerprint density at radius 1 is 1.11 bits per heavy atom. The monoisotopic (exact) mass is 310 g/mol. The summed E-state index contributed by atoms with van der Waals surface area (Å²) in [6, 6.07) is 8.44. The van der Waals surface area contributed by atoms with Crippen LogP contribution in [0.15, 0.2) is 36.4 Å². The summed E-state index contributed by atoms with van der Waals surface area (Å²) < 4.78 is 62.2. The molecule has 0 atom stereocenters. The van der Waals surface area contributed by atoms with Crippen molar-refractivity contribution in [3.05, 3.63) is 41.4 Å². The lowest BCUT2D eigenvalue weighted by Gasteiger charge is -2.10. The van der Waals surface area contributed by atoms with Gasteiger partial charge in [-0.25, -0.2) is 0 Å². The molecule has 0 unspecified atom stereocenters. The average molecular weight is 311 g/mol. The Morgan fingerprint density at radius 3 is 2.42 bits per heavy atom. The number of halogens is 4. The Hall–Kier alpha value is -1.47. The molecule has 0 aromatic heterocycles. The normalized spacial score (nSPS) is 12.6. The van der Waals surface area contributed by atoms with Crippen LogP contribution in [0, 0.1) is 0 Å². The molecule has 0 spiro atoms. The molecule has 2 aromatic carbocycles. The fraction of sp³-hybridized carbons (Fsp3) is 0.0909. The van der Waals surface area contributed by atoms with E-state index in [-0.39, 0.29) is 0 Å². The number of alkyl halides is 3. The summed E-state index contributed by atoms with van der Waals surface area (Å²) in [5.74, 6) is -0.424. The van der Waals surface area contributed by atoms with Gasteiger partial charge < -0.3 is 4.18 Å². The van der Waals surface area contributed by atoms with Crippen molar-refractivity contribution in [2.75, 3.05) is 0 Å². The molecule has 102 valence electrons. The van der Waals surface area contributed by atoms with Crippen LogP contribution in [0.4, 0.5) is 13.2 Å². The molecular weight excluding hydrogens is 305 g/mol. The first-order valence-corrected chi connectivity index (χ1v) is 6.68. The number of rotatable bonds is 2. The van der Waals surface area contributed by atoms with Gasteiger partial charge in [0.1, 0.15) is 5.75 Å². The second kappa shape index (κ2) is 4.57. The zero-order chi connectivity index (χ0) is 14.3. The van der Waals surface area contributed by atoms with Gasteiger partial charge in [0.05, 0.1) is 0 Å². The first-order valence-electron chi connectivity index (χ1n) is 4.90. The summed E-state index contributed by atoms with van der Waals surface area (Å²) >= 11 is 5.88. The van der Waals surface area contributed by atoms with Crippen LogP contribution in [0.5, 0.6) is 5.75 Å². The molecule has 8 heteroatoms. The number of benzene rings is 2. The highest BCUT2D eigenvalue weighted by Crippen LogP contribution is 2.30. The van der Waals surface area contributed by atoms with E-state index in [2.05, 4.69) is 4.18 Å². The van der Waals surface area contributed by atoms with Gasteiger partial charge in [0.25, 0.3) is 0 Å². The second-order valence-electron chi connectivity index (χ2n) is 3.61. The molecule has 0 bridgehead atoms. The van der Waals surface area contributed by atoms with E-state index >= 15 is 0 Å². The molecule has 2 rings (SSSR count). The Balaban J connectivity index is 2.44. The van der Waals surface area contributed by atoms with Crippen LogP contribution in [-0.2, 0) is 10.1 Å². The van der Waals surface area contributed by atoms with Crippen LogP contribution < -0.4 is 4.18 Å². The third-order valence-electron chi connectivity index (χ3n) is 2.29. The lowest BCUT2D eigenvalue weighted by atomic mass is 10.1. The topological polar surface area (TPSA) is 43.4 Å². The molecule has 19 heavy (non-hydrogen) atoms. The molecule has 0 saturated carbocycles. The summed E-state index contributed by atoms with van der Waals surface area (Å²) in [5.41, 5.74) is -5.46. The standard InChI is InChI=1S/C11H6ClF3O3S/c12-10-3-1-2-7-6-8(4-5-9(7)10)18-19(16,17)11(13,14)15/h1-6H. The van der Waals surface area contributed by atoms with Crippen molar-refractivity contribution in [2.45, 2.75) is 5.51 Å². The van der Waals surface area contributed by atoms with Crippen LogP contribution in [0.2, 0.25) is 5.02 Å². The number of fused-ring (bicyclic) bond motifs is 1. The smallest absolute Gasteiger partial charge is 0.376 e. The van der Waals surface area contributed by atoms with Crippen LogP contribution in [0.3, 0.4) is 0 Å². The predicted molar refractivity (Wildman–Crippen MR) is 64.6 cm³/mol. The van der Waals surface area contributed by atoms with Gasteiger partial charge >= 0.3 is 15.6 Å². The lowest BCUT2D eigenvalue weighted by Crippen LogP contribution is -2.28. The van der Waals surface area contributed by atoms with E-state index in [1.165, 1.54) is 12.1 Å². The molecule has 0 aliphatic carbocycles. The van der Waals surface area contributed by atoms with E-state index in [9.17, 15) is 21.6 Å². The van der Waals surface area contributed by atoms with E-state index in [1.54, 1.807) is 18.2 Å². The fourth-order valence-electron chi connectivity index (χ4n) is 1.45. The fourth-order valence-corrected chi connectivity index (χ4v) is 2.14. The zero-order valence-corrected chi connectivity index (χ0v) is 10.7. The summed E-state index contributed by atoms with van der Waals surface area (Å²) in [4.78, 5) is 0. The highest BCUT2D eigenvalue weighted by molar-refractivity contribution is 7.88. The van der Waals surface area contributed by atoms with E-state index in [1.807, 2.05) is 0 Å². The van der Waals surface area contributed by atoms with E-state index < -0.39 is 21.4 Å². The van der Waals surface area contributed by atoms with Crippen molar-refractivity contribution >= 4 is 32.5 Å². The molecule has 0 amide bonds. The zero-order valence-electron chi connectivity index (χ0n) is 9.11. The van der Waals surface area contributed by atoms with Crippen molar-refractivity contribution in [3.63, 3.8) is 0 Å². The van der Waals surface area contributed by atoms with Crippen LogP contribution in [-0.4, -0.2) is 13.9 Å². The minimum atomic E-state index is -5.66. The maximum Gasteiger partial charge on any atom is 0.534 e. The molecular formula is C11H6ClF3O3S. The minimum Gasteiger partial charge on any atom is -0.376 e. The van der Waals surface area contributed by atoms with Crippen molar-refractivity contribution in [1.82, 2.24) is 0 Å². The van der Waals surface area contributed by atoms with Crippen molar-refractivity contribution in [2.24, 2.45) is 0 Å². The quantitative estimate of drug-likeness (QED) is 0.627. The van der Waals surface area contributed by atoms with E-state index in [0.717, 1.165) is 6.07 Å². The summed E-state index contributed by atoms with van der Waals surface area (Å²) in [5, 5.41) is 1.46. The summed E-state index contributed by atoms with van der Waals surface area (Å²) in [6.45, 7) is 0. The molecule has 0 fully saturated rings. The molecule has 0 aliphatic heterocycles. The maximum absolute atomic E-state index is 12.2. The summed E-state index contributed by atoms with van der Waals surface area (Å²) in [7, 11) is -5.66. The minimum absolute atomic E-state index is 0.405. The van der Waals surface area contributed by atoms with Crippen LogP contribution >= 0.6 is 11.6 Å². The van der Waals surface area contributed by atoms with E-state index in [0.29, 0.717) is 15.8 Å². The van der Waals surface area contributed by atoms with Crippen molar-refractivity contribution in [3.8, 4) is 5.75 Å². The van der Waals surface area contributed by atoms with Crippen LogP contribution in [0.1, 0.15) is 0 Å². The molecule has 3 nitrogen and oxygen atoms in total. The predicted octanol–water partition coefficient (Wildman–Crippen LogP) is 3.72. The third-order valence-corrected chi connectivity index (χ3v) is 3.60. The molecule has 0 radical (unpaired) electrons. The number of hydrogen-bond donors (Lipinski definition) is 0. The van der Waals surface area contributed by atoms with Gasteiger partial charge in [0, 0.05) is 10.4 Å². The molecule has 2 aromatic rings. The second-order valence-corrected chi connectivity index (χ2v) is 5.55. The lowest BCUT2D eigenvalue weighted by molar-refractivity contribution is -0.0500. The maximum atomic E-state index is 12.2. The van der Waals surface area contributed by atoms with Gasteiger partial charge in [-0.1, -0.05) is 23.7 Å². The Kier molecular flexibility index (Phi) is 3.36. The van der Waals surface area contributed by atoms with Gasteiger partial charge in [-0.2, -0.15) is 21.6 Å². The molecule has 0 N–H and O–H groups in total. The highest BCUT2D eigenvalue weighted by Gasteiger charge is 2.48. The Morgan fingerprint density at radius 2 is 1.79 bits per heavy atom. The average Bonchev–Trinajstić information content (AvgIpc) is 2.27. The highest BCUT2D eigenvalue weighted by atomic mass is 35.5. The van der Waals surface area contributed by atoms with Gasteiger partial charge in [0.15, 0.2) is 0 Å². The number of hydrogen-bond acceptors (Lipinski definition) is 3. The molecule has 0 aliphatic rings. The molecule has 0 heterocycles. The first-order chi connectivity index (χ1) is 8.71. The largest absolute Gasteiger partial charge is 0.534 e. The van der Waals surface area contributed by atoms with Crippen LogP contribution in [0.25, 0.3) is 10.8 Å². The van der Waals surface area contributed by atoms with E-state index in [4.69, 9.17) is 11.6 Å². The van der Waals surface area contributed by atoms with Crippen molar-refractivity contribution in [1.29, 1.82) is 0 Å². The molecule has 0 saturated heterocycles. The first kappa shape index (κ1) is 14.0.